The second-order valence-electron chi connectivity index (χ2n) is 3.26. The molecule has 1 rings (SSSR count). The SMILES string of the molecule is CCOC(=O)Cc1c(N)[nH]c(C(F)F)cc1=O. The number of nitrogens with two attached hydrogens (primary N) is 1. The molecule has 0 aliphatic carbocycles. The molecule has 0 aromatic carbocycles. The summed E-state index contributed by atoms with van der Waals surface area (Å²) in [6.07, 6.45) is -3.15. The number of carbonyl (C=O) groups excluding carboxylic acids is 1. The molecule has 1 heterocycles. The lowest BCUT2D eigenvalue weighted by atomic mass is 10.1. The summed E-state index contributed by atoms with van der Waals surface area (Å²) in [5, 5.41) is 0. The van der Waals surface area contributed by atoms with Crippen molar-refractivity contribution in [3.8, 4) is 0 Å². The molecule has 0 aliphatic rings. The fraction of sp³-hybridized carbons (Fsp3) is 0.400. The third-order valence-electron chi connectivity index (χ3n) is 2.05. The van der Waals surface area contributed by atoms with Crippen LogP contribution in [0.2, 0.25) is 0 Å². The highest BCUT2D eigenvalue weighted by Crippen LogP contribution is 2.17. The van der Waals surface area contributed by atoms with Crippen LogP contribution in [0.25, 0.3) is 0 Å². The van der Waals surface area contributed by atoms with Gasteiger partial charge in [-0.1, -0.05) is 0 Å². The molecule has 1 aromatic rings. The van der Waals surface area contributed by atoms with E-state index in [9.17, 15) is 18.4 Å². The van der Waals surface area contributed by atoms with Gasteiger partial charge in [-0.15, -0.1) is 0 Å². The van der Waals surface area contributed by atoms with Crippen LogP contribution in [0.3, 0.4) is 0 Å². The third kappa shape index (κ3) is 3.27. The number of hydrogen-bond acceptors (Lipinski definition) is 4. The molecule has 17 heavy (non-hydrogen) atoms. The van der Waals surface area contributed by atoms with E-state index >= 15 is 0 Å². The predicted molar refractivity (Wildman–Crippen MR) is 56.8 cm³/mol. The molecule has 0 radical (unpaired) electrons. The van der Waals surface area contributed by atoms with Crippen molar-refractivity contribution in [1.82, 2.24) is 4.98 Å². The van der Waals surface area contributed by atoms with Crippen LogP contribution in [-0.2, 0) is 16.0 Å². The van der Waals surface area contributed by atoms with Gasteiger partial charge in [-0.3, -0.25) is 9.59 Å². The number of H-pyrrole nitrogens is 1. The van der Waals surface area contributed by atoms with Gasteiger partial charge in [0.05, 0.1) is 24.3 Å². The summed E-state index contributed by atoms with van der Waals surface area (Å²) in [7, 11) is 0. The van der Waals surface area contributed by atoms with Crippen LogP contribution in [0.5, 0.6) is 0 Å². The fourth-order valence-corrected chi connectivity index (χ4v) is 1.28. The Morgan fingerprint density at radius 3 is 2.71 bits per heavy atom. The average molecular weight is 246 g/mol. The molecule has 0 saturated carbocycles. The summed E-state index contributed by atoms with van der Waals surface area (Å²) in [6.45, 7) is 1.79. The molecule has 7 heteroatoms. The molecule has 1 aromatic heterocycles. The van der Waals surface area contributed by atoms with Gasteiger partial charge in [0.2, 0.25) is 0 Å². The summed E-state index contributed by atoms with van der Waals surface area (Å²) in [5.74, 6) is -0.865. The Balaban J connectivity index is 3.02. The van der Waals surface area contributed by atoms with E-state index in [1.54, 1.807) is 6.92 Å². The molecule has 0 bridgehead atoms. The van der Waals surface area contributed by atoms with E-state index < -0.39 is 23.5 Å². The van der Waals surface area contributed by atoms with Gasteiger partial charge in [0.1, 0.15) is 5.82 Å². The summed E-state index contributed by atoms with van der Waals surface area (Å²) in [5.41, 5.74) is 4.07. The Hall–Kier alpha value is -1.92. The van der Waals surface area contributed by atoms with Crippen LogP contribution in [0.1, 0.15) is 24.6 Å². The lowest BCUT2D eigenvalue weighted by Gasteiger charge is -2.07. The number of aromatic nitrogens is 1. The number of esters is 1. The molecule has 0 amide bonds. The molecule has 3 N–H and O–H groups in total. The maximum absolute atomic E-state index is 12.3. The van der Waals surface area contributed by atoms with Crippen LogP contribution in [0.4, 0.5) is 14.6 Å². The van der Waals surface area contributed by atoms with Crippen LogP contribution < -0.4 is 11.2 Å². The van der Waals surface area contributed by atoms with Crippen molar-refractivity contribution in [3.63, 3.8) is 0 Å². The van der Waals surface area contributed by atoms with Crippen molar-refractivity contribution in [2.24, 2.45) is 0 Å². The first-order valence-corrected chi connectivity index (χ1v) is 4.91. The number of hydrogen-bond donors (Lipinski definition) is 2. The van der Waals surface area contributed by atoms with Crippen LogP contribution >= 0.6 is 0 Å². The van der Waals surface area contributed by atoms with Crippen molar-refractivity contribution in [1.29, 1.82) is 0 Å². The van der Waals surface area contributed by atoms with Crippen molar-refractivity contribution in [2.45, 2.75) is 19.8 Å². The maximum Gasteiger partial charge on any atom is 0.310 e. The van der Waals surface area contributed by atoms with Crippen LogP contribution in [-0.4, -0.2) is 17.6 Å². The highest BCUT2D eigenvalue weighted by atomic mass is 19.3. The Bertz CT molecular complexity index is 471. The quantitative estimate of drug-likeness (QED) is 0.776. The lowest BCUT2D eigenvalue weighted by molar-refractivity contribution is -0.142. The predicted octanol–water partition coefficient (Wildman–Crippen LogP) is 1.00. The van der Waals surface area contributed by atoms with Crippen LogP contribution in [0, 0.1) is 0 Å². The van der Waals surface area contributed by atoms with E-state index in [0.29, 0.717) is 0 Å². The van der Waals surface area contributed by atoms with Crippen molar-refractivity contribution < 1.29 is 18.3 Å². The number of ether oxygens (including phenoxy) is 1. The number of rotatable bonds is 4. The number of anilines is 1. The molecule has 0 saturated heterocycles. The van der Waals surface area contributed by atoms with Crippen LogP contribution in [0.15, 0.2) is 10.9 Å². The average Bonchev–Trinajstić information content (AvgIpc) is 2.23. The zero-order chi connectivity index (χ0) is 13.0. The van der Waals surface area contributed by atoms with Crippen molar-refractivity contribution in [3.05, 3.63) is 27.5 Å². The van der Waals surface area contributed by atoms with Crippen molar-refractivity contribution in [2.75, 3.05) is 12.3 Å². The number of aromatic amines is 1. The number of pyridine rings is 1. The number of halogens is 2. The standard InChI is InChI=1S/C10H12F2N2O3/c1-2-17-8(16)3-5-7(15)4-6(9(11)12)14-10(5)13/h4,9H,2-3H2,1H3,(H3,13,14,15). The first-order chi connectivity index (χ1) is 7.95. The van der Waals surface area contributed by atoms with E-state index in [1.165, 1.54) is 0 Å². The first-order valence-electron chi connectivity index (χ1n) is 4.91. The maximum atomic E-state index is 12.3. The summed E-state index contributed by atoms with van der Waals surface area (Å²) >= 11 is 0. The van der Waals surface area contributed by atoms with E-state index in [2.05, 4.69) is 9.72 Å². The first kappa shape index (κ1) is 13.1. The summed E-state index contributed by atoms with van der Waals surface area (Å²) in [4.78, 5) is 24.8. The van der Waals surface area contributed by atoms with E-state index in [4.69, 9.17) is 5.73 Å². The minimum atomic E-state index is -2.82. The van der Waals surface area contributed by atoms with Gasteiger partial charge in [-0.25, -0.2) is 8.78 Å². The second kappa shape index (κ2) is 5.42. The van der Waals surface area contributed by atoms with Gasteiger partial charge in [0.15, 0.2) is 5.43 Å². The normalized spacial score (nSPS) is 10.6. The van der Waals surface area contributed by atoms with Gasteiger partial charge >= 0.3 is 5.97 Å². The Morgan fingerprint density at radius 1 is 1.59 bits per heavy atom. The highest BCUT2D eigenvalue weighted by molar-refractivity contribution is 5.74. The molecule has 0 atom stereocenters. The Labute approximate surface area is 95.6 Å². The largest absolute Gasteiger partial charge is 0.466 e. The number of carbonyl (C=O) groups is 1. The van der Waals surface area contributed by atoms with Gasteiger partial charge in [-0.2, -0.15) is 0 Å². The lowest BCUT2D eigenvalue weighted by Crippen LogP contribution is -2.20. The number of nitrogens with one attached hydrogen (secondary N) is 1. The molecule has 0 fully saturated rings. The Kier molecular flexibility index (Phi) is 4.19. The van der Waals surface area contributed by atoms with E-state index in [0.717, 1.165) is 6.07 Å². The highest BCUT2D eigenvalue weighted by Gasteiger charge is 2.16. The molecule has 0 aliphatic heterocycles. The number of nitrogen functional groups attached to an aromatic ring is 1. The van der Waals surface area contributed by atoms with Gasteiger partial charge in [0.25, 0.3) is 6.43 Å². The molecular weight excluding hydrogens is 234 g/mol. The topological polar surface area (TPSA) is 85.2 Å². The van der Waals surface area contributed by atoms with E-state index in [-0.39, 0.29) is 24.4 Å². The third-order valence-corrected chi connectivity index (χ3v) is 2.05. The van der Waals surface area contributed by atoms with Gasteiger partial charge in [-0.05, 0) is 6.92 Å². The summed E-state index contributed by atoms with van der Waals surface area (Å²) in [6, 6.07) is 0.732. The molecule has 5 nitrogen and oxygen atoms in total. The smallest absolute Gasteiger partial charge is 0.310 e. The minimum Gasteiger partial charge on any atom is -0.466 e. The zero-order valence-electron chi connectivity index (χ0n) is 9.13. The van der Waals surface area contributed by atoms with Gasteiger partial charge < -0.3 is 15.5 Å². The molecule has 0 unspecified atom stereocenters. The molecule has 94 valence electrons. The zero-order valence-corrected chi connectivity index (χ0v) is 9.13. The second-order valence-corrected chi connectivity index (χ2v) is 3.26. The van der Waals surface area contributed by atoms with Crippen molar-refractivity contribution >= 4 is 11.8 Å². The fourth-order valence-electron chi connectivity index (χ4n) is 1.28. The molecule has 0 spiro atoms. The molecular formula is C10H12F2N2O3. The minimum absolute atomic E-state index is 0.0622. The van der Waals surface area contributed by atoms with Gasteiger partial charge in [0, 0.05) is 6.07 Å². The van der Waals surface area contributed by atoms with E-state index in [1.807, 2.05) is 0 Å². The Morgan fingerprint density at radius 2 is 2.24 bits per heavy atom. The number of alkyl halides is 2. The summed E-state index contributed by atoms with van der Waals surface area (Å²) < 4.78 is 29.3. The monoisotopic (exact) mass is 246 g/mol.